The van der Waals surface area contributed by atoms with Crippen LogP contribution in [0.15, 0.2) is 10.4 Å². The smallest absolute Gasteiger partial charge is 0.191 e. The first kappa shape index (κ1) is 18.6. The number of guanidine groups is 1. The second kappa shape index (κ2) is 7.73. The largest absolute Gasteiger partial charge is 0.375 e. The van der Waals surface area contributed by atoms with Crippen LogP contribution in [0.4, 0.5) is 0 Å². The summed E-state index contributed by atoms with van der Waals surface area (Å²) in [6.45, 7) is 11.4. The molecule has 0 aromatic carbocycles. The van der Waals surface area contributed by atoms with E-state index in [1.54, 1.807) is 11.3 Å². The van der Waals surface area contributed by atoms with Crippen LogP contribution < -0.4 is 5.73 Å². The monoisotopic (exact) mass is 424 g/mol. The Bertz CT molecular complexity index is 484. The first-order chi connectivity index (χ1) is 9.36. The van der Waals surface area contributed by atoms with E-state index in [2.05, 4.69) is 48.0 Å². The maximum atomic E-state index is 6.05. The van der Waals surface area contributed by atoms with E-state index in [0.717, 1.165) is 23.8 Å². The van der Waals surface area contributed by atoms with Crippen molar-refractivity contribution in [3.8, 4) is 0 Å². The lowest BCUT2D eigenvalue weighted by Crippen LogP contribution is -2.47. The highest BCUT2D eigenvalue weighted by atomic mass is 127. The van der Waals surface area contributed by atoms with E-state index in [1.165, 1.54) is 0 Å². The number of hydrogen-bond donors (Lipinski definition) is 1. The third kappa shape index (κ3) is 5.37. The first-order valence-electron chi connectivity index (χ1n) is 6.97. The van der Waals surface area contributed by atoms with Gasteiger partial charge in [-0.05, 0) is 6.92 Å². The highest BCUT2D eigenvalue weighted by molar-refractivity contribution is 14.0. The molecular formula is C14H25IN4OS. The summed E-state index contributed by atoms with van der Waals surface area (Å²) in [4.78, 5) is 11.2. The van der Waals surface area contributed by atoms with Crippen molar-refractivity contribution in [2.24, 2.45) is 10.7 Å². The van der Waals surface area contributed by atoms with Crippen molar-refractivity contribution in [1.82, 2.24) is 9.88 Å². The van der Waals surface area contributed by atoms with Crippen molar-refractivity contribution >= 4 is 41.3 Å². The van der Waals surface area contributed by atoms with Crippen molar-refractivity contribution in [2.75, 3.05) is 19.7 Å². The molecule has 1 unspecified atom stereocenters. The summed E-state index contributed by atoms with van der Waals surface area (Å²) in [5.74, 6) is 0.590. The maximum Gasteiger partial charge on any atom is 0.191 e. The van der Waals surface area contributed by atoms with Gasteiger partial charge in [0.25, 0.3) is 0 Å². The van der Waals surface area contributed by atoms with Crippen LogP contribution in [-0.4, -0.2) is 41.6 Å². The molecule has 0 saturated carbocycles. The van der Waals surface area contributed by atoms with Crippen molar-refractivity contribution in [3.05, 3.63) is 16.1 Å². The number of nitrogens with zero attached hydrogens (tertiary/aromatic N) is 3. The van der Waals surface area contributed by atoms with Crippen LogP contribution in [0.5, 0.6) is 0 Å². The van der Waals surface area contributed by atoms with Gasteiger partial charge in [0, 0.05) is 23.9 Å². The van der Waals surface area contributed by atoms with Gasteiger partial charge < -0.3 is 15.4 Å². The van der Waals surface area contributed by atoms with Crippen LogP contribution in [0.2, 0.25) is 0 Å². The summed E-state index contributed by atoms with van der Waals surface area (Å²) >= 11 is 1.65. The molecule has 2 heterocycles. The summed E-state index contributed by atoms with van der Waals surface area (Å²) in [5, 5.41) is 3.12. The van der Waals surface area contributed by atoms with E-state index in [9.17, 15) is 0 Å². The van der Waals surface area contributed by atoms with Gasteiger partial charge in [0.1, 0.15) is 5.01 Å². The lowest BCUT2D eigenvalue weighted by molar-refractivity contribution is 0.00529. The molecule has 0 spiro atoms. The number of aliphatic imine (C=N–C) groups is 1. The van der Waals surface area contributed by atoms with Gasteiger partial charge in [-0.15, -0.1) is 35.3 Å². The highest BCUT2D eigenvalue weighted by Crippen LogP contribution is 2.24. The number of hydrogen-bond acceptors (Lipinski definition) is 4. The average molecular weight is 424 g/mol. The number of thiazole rings is 1. The fourth-order valence-electron chi connectivity index (χ4n) is 2.00. The van der Waals surface area contributed by atoms with Crippen LogP contribution in [0, 0.1) is 0 Å². The van der Waals surface area contributed by atoms with Crippen LogP contribution in [0.25, 0.3) is 0 Å². The Balaban J connectivity index is 0.00000220. The van der Waals surface area contributed by atoms with E-state index < -0.39 is 0 Å². The second-order valence-electron chi connectivity index (χ2n) is 6.18. The molecular weight excluding hydrogens is 399 g/mol. The number of morpholine rings is 1. The molecule has 1 atom stereocenters. The van der Waals surface area contributed by atoms with E-state index in [-0.39, 0.29) is 35.5 Å². The molecule has 7 heteroatoms. The first-order valence-corrected chi connectivity index (χ1v) is 7.85. The molecule has 1 aromatic rings. The Kier molecular flexibility index (Phi) is 6.86. The molecule has 0 radical (unpaired) electrons. The molecule has 1 aromatic heterocycles. The topological polar surface area (TPSA) is 63.7 Å². The molecule has 0 aliphatic carbocycles. The summed E-state index contributed by atoms with van der Waals surface area (Å²) in [6, 6.07) is 0. The van der Waals surface area contributed by atoms with Gasteiger partial charge in [0.2, 0.25) is 0 Å². The van der Waals surface area contributed by atoms with E-state index in [4.69, 9.17) is 10.5 Å². The molecule has 5 nitrogen and oxygen atoms in total. The normalized spacial score (nSPS) is 20.3. The van der Waals surface area contributed by atoms with Crippen LogP contribution in [0.3, 0.4) is 0 Å². The Labute approximate surface area is 148 Å². The summed E-state index contributed by atoms with van der Waals surface area (Å²) in [5.41, 5.74) is 7.25. The Morgan fingerprint density at radius 1 is 1.57 bits per heavy atom. The average Bonchev–Trinajstić information content (AvgIpc) is 2.84. The van der Waals surface area contributed by atoms with Crippen molar-refractivity contribution in [2.45, 2.75) is 45.8 Å². The summed E-state index contributed by atoms with van der Waals surface area (Å²) < 4.78 is 5.50. The minimum atomic E-state index is 0. The van der Waals surface area contributed by atoms with E-state index >= 15 is 0 Å². The molecule has 2 rings (SSSR count). The standard InChI is InChI=1S/C14H24N4OS.HI/c1-10-8-18(5-6-19-10)13(15)16-7-12-17-11(9-20-12)14(2,3)4;/h9-10H,5-8H2,1-4H3,(H2,15,16);1H. The van der Waals surface area contributed by atoms with Crippen LogP contribution in [0.1, 0.15) is 38.4 Å². The third-order valence-corrected chi connectivity index (χ3v) is 4.10. The highest BCUT2D eigenvalue weighted by Gasteiger charge is 2.19. The Morgan fingerprint density at radius 2 is 2.29 bits per heavy atom. The van der Waals surface area contributed by atoms with Gasteiger partial charge in [-0.3, -0.25) is 0 Å². The zero-order chi connectivity index (χ0) is 14.8. The quantitative estimate of drug-likeness (QED) is 0.451. The molecule has 1 saturated heterocycles. The molecule has 0 amide bonds. The third-order valence-electron chi connectivity index (χ3n) is 3.26. The van der Waals surface area contributed by atoms with Crippen molar-refractivity contribution in [1.29, 1.82) is 0 Å². The van der Waals surface area contributed by atoms with E-state index in [0.29, 0.717) is 19.1 Å². The molecule has 2 N–H and O–H groups in total. The lowest BCUT2D eigenvalue weighted by atomic mass is 9.93. The molecule has 0 bridgehead atoms. The molecule has 1 aliphatic rings. The second-order valence-corrected chi connectivity index (χ2v) is 7.12. The number of nitrogens with two attached hydrogens (primary N) is 1. The van der Waals surface area contributed by atoms with Gasteiger partial charge in [-0.25, -0.2) is 9.98 Å². The van der Waals surface area contributed by atoms with Crippen LogP contribution >= 0.6 is 35.3 Å². The molecule has 1 fully saturated rings. The zero-order valence-corrected chi connectivity index (χ0v) is 16.3. The number of halogens is 1. The fourth-order valence-corrected chi connectivity index (χ4v) is 2.95. The molecule has 120 valence electrons. The maximum absolute atomic E-state index is 6.05. The minimum absolute atomic E-state index is 0. The number of ether oxygens (including phenoxy) is 1. The number of aromatic nitrogens is 1. The van der Waals surface area contributed by atoms with Gasteiger partial charge in [0.05, 0.1) is 24.9 Å². The van der Waals surface area contributed by atoms with Gasteiger partial charge in [-0.2, -0.15) is 0 Å². The Hall–Kier alpha value is -0.410. The van der Waals surface area contributed by atoms with Gasteiger partial charge in [0.15, 0.2) is 5.96 Å². The Morgan fingerprint density at radius 3 is 2.86 bits per heavy atom. The summed E-state index contributed by atoms with van der Waals surface area (Å²) in [6.07, 6.45) is 0.213. The van der Waals surface area contributed by atoms with Crippen molar-refractivity contribution < 1.29 is 4.74 Å². The molecule has 1 aliphatic heterocycles. The van der Waals surface area contributed by atoms with Crippen LogP contribution in [-0.2, 0) is 16.7 Å². The zero-order valence-electron chi connectivity index (χ0n) is 13.1. The van der Waals surface area contributed by atoms with Gasteiger partial charge >= 0.3 is 0 Å². The predicted molar refractivity (Wildman–Crippen MR) is 98.5 cm³/mol. The fraction of sp³-hybridized carbons (Fsp3) is 0.714. The lowest BCUT2D eigenvalue weighted by Gasteiger charge is -2.31. The van der Waals surface area contributed by atoms with Gasteiger partial charge in [-0.1, -0.05) is 20.8 Å². The summed E-state index contributed by atoms with van der Waals surface area (Å²) in [7, 11) is 0. The predicted octanol–water partition coefficient (Wildman–Crippen LogP) is 2.59. The molecule has 21 heavy (non-hydrogen) atoms. The minimum Gasteiger partial charge on any atom is -0.375 e. The number of rotatable bonds is 2. The van der Waals surface area contributed by atoms with E-state index in [1.807, 2.05) is 0 Å². The van der Waals surface area contributed by atoms with Crippen molar-refractivity contribution in [3.63, 3.8) is 0 Å². The SMILES string of the molecule is CC1CN(C(N)=NCc2nc(C(C)(C)C)cs2)CCO1.I.